The van der Waals surface area contributed by atoms with Crippen LogP contribution < -0.4 is 0 Å². The molecular weight excluding hydrogens is 244 g/mol. The van der Waals surface area contributed by atoms with Crippen molar-refractivity contribution in [3.05, 3.63) is 23.2 Å². The van der Waals surface area contributed by atoms with Crippen LogP contribution in [0.5, 0.6) is 0 Å². The van der Waals surface area contributed by atoms with Crippen LogP contribution in [0.2, 0.25) is 0 Å². The molecule has 1 saturated carbocycles. The number of carbonyl (C=O) groups is 1. The Morgan fingerprint density at radius 3 is 3.05 bits per heavy atom. The molecule has 2 aliphatic rings. The number of aliphatic imine (C=N–C) groups is 2. The fourth-order valence-corrected chi connectivity index (χ4v) is 2.82. The summed E-state index contributed by atoms with van der Waals surface area (Å²) < 4.78 is 1.62. The number of nitrogens with zero attached hydrogens (tertiary/aromatic N) is 4. The molecule has 1 N–H and O–H groups in total. The Kier molecular flexibility index (Phi) is 2.58. The van der Waals surface area contributed by atoms with Gasteiger partial charge in [-0.05, 0) is 32.4 Å². The predicted molar refractivity (Wildman–Crippen MR) is 71.7 cm³/mol. The average Bonchev–Trinajstić information content (AvgIpc) is 2.87. The van der Waals surface area contributed by atoms with E-state index in [2.05, 4.69) is 21.8 Å². The second-order valence-corrected chi connectivity index (χ2v) is 4.79. The smallest absolute Gasteiger partial charge is 0.356 e. The van der Waals surface area contributed by atoms with Gasteiger partial charge in [-0.1, -0.05) is 0 Å². The van der Waals surface area contributed by atoms with Gasteiger partial charge in [0.25, 0.3) is 0 Å². The molecule has 98 valence electrons. The summed E-state index contributed by atoms with van der Waals surface area (Å²) in [4.78, 5) is 19.2. The van der Waals surface area contributed by atoms with E-state index in [1.807, 2.05) is 0 Å². The molecule has 2 unspecified atom stereocenters. The molecule has 2 aliphatic carbocycles. The van der Waals surface area contributed by atoms with Crippen LogP contribution >= 0.6 is 0 Å². The number of carboxylic acid groups (broad SMARTS) is 1. The third kappa shape index (κ3) is 1.71. The SMILES string of the molecule is C=N/C=C(\N=C/C)n1nc(C(=O)O)c2c1C1CC1C2. The van der Waals surface area contributed by atoms with Gasteiger partial charge in [0, 0.05) is 17.7 Å². The summed E-state index contributed by atoms with van der Waals surface area (Å²) in [6.07, 6.45) is 5.05. The Balaban J connectivity index is 2.16. The van der Waals surface area contributed by atoms with Crippen molar-refractivity contribution in [1.29, 1.82) is 0 Å². The number of aromatic carboxylic acids is 1. The largest absolute Gasteiger partial charge is 0.476 e. The van der Waals surface area contributed by atoms with E-state index >= 15 is 0 Å². The normalized spacial score (nSPS) is 24.4. The summed E-state index contributed by atoms with van der Waals surface area (Å²) in [6, 6.07) is 0. The first kappa shape index (κ1) is 11.8. The Morgan fingerprint density at radius 1 is 1.63 bits per heavy atom. The van der Waals surface area contributed by atoms with Gasteiger partial charge in [-0.2, -0.15) is 5.10 Å². The van der Waals surface area contributed by atoms with E-state index in [1.54, 1.807) is 17.8 Å². The fourth-order valence-electron chi connectivity index (χ4n) is 2.82. The second-order valence-electron chi connectivity index (χ2n) is 4.79. The van der Waals surface area contributed by atoms with Crippen molar-refractivity contribution >= 4 is 24.7 Å². The maximum atomic E-state index is 11.3. The van der Waals surface area contributed by atoms with E-state index in [0.717, 1.165) is 24.1 Å². The quantitative estimate of drug-likeness (QED) is 0.836. The van der Waals surface area contributed by atoms with Gasteiger partial charge >= 0.3 is 5.97 Å². The van der Waals surface area contributed by atoms with Gasteiger partial charge in [0.05, 0.1) is 11.9 Å². The van der Waals surface area contributed by atoms with Crippen LogP contribution in [0.1, 0.15) is 41.0 Å². The Bertz CT molecular complexity index is 627. The summed E-state index contributed by atoms with van der Waals surface area (Å²) in [6.45, 7) is 5.21. The van der Waals surface area contributed by atoms with Crippen LogP contribution in [-0.2, 0) is 6.42 Å². The zero-order chi connectivity index (χ0) is 13.6. The third-order valence-electron chi connectivity index (χ3n) is 3.65. The molecule has 1 aromatic rings. The minimum absolute atomic E-state index is 0.142. The van der Waals surface area contributed by atoms with Crippen LogP contribution in [0.15, 0.2) is 16.2 Å². The summed E-state index contributed by atoms with van der Waals surface area (Å²) in [5, 5.41) is 13.4. The standard InChI is InChI=1S/C13H14N4O2/c1-3-15-10(6-14-2)17-12-8-4-7(8)5-9(12)11(16-17)13(18)19/h3,6-8H,2,4-5H2,1H3,(H,18,19)/b10-6+,15-3-. The van der Waals surface area contributed by atoms with Crippen molar-refractivity contribution < 1.29 is 9.90 Å². The predicted octanol–water partition coefficient (Wildman–Crippen LogP) is 1.79. The monoisotopic (exact) mass is 258 g/mol. The molecule has 1 heterocycles. The zero-order valence-electron chi connectivity index (χ0n) is 10.6. The molecule has 1 aromatic heterocycles. The Morgan fingerprint density at radius 2 is 2.42 bits per heavy atom. The minimum atomic E-state index is -0.984. The number of carboxylic acids is 1. The molecule has 1 fully saturated rings. The molecule has 0 radical (unpaired) electrons. The van der Waals surface area contributed by atoms with Crippen LogP contribution in [0.3, 0.4) is 0 Å². The first-order valence-corrected chi connectivity index (χ1v) is 6.17. The first-order valence-electron chi connectivity index (χ1n) is 6.17. The number of rotatable bonds is 4. The van der Waals surface area contributed by atoms with E-state index in [4.69, 9.17) is 0 Å². The van der Waals surface area contributed by atoms with Crippen molar-refractivity contribution in [2.75, 3.05) is 0 Å². The first-order chi connectivity index (χ1) is 9.17. The molecule has 0 saturated heterocycles. The van der Waals surface area contributed by atoms with Gasteiger partial charge in [-0.3, -0.25) is 4.99 Å². The summed E-state index contributed by atoms with van der Waals surface area (Å²) in [5.41, 5.74) is 1.99. The van der Waals surface area contributed by atoms with Crippen molar-refractivity contribution in [1.82, 2.24) is 9.78 Å². The molecule has 0 bridgehead atoms. The van der Waals surface area contributed by atoms with E-state index in [1.165, 1.54) is 6.20 Å². The lowest BCUT2D eigenvalue weighted by molar-refractivity contribution is 0.0689. The fraction of sp³-hybridized carbons (Fsp3) is 0.385. The highest BCUT2D eigenvalue weighted by atomic mass is 16.4. The minimum Gasteiger partial charge on any atom is -0.476 e. The van der Waals surface area contributed by atoms with Crippen molar-refractivity contribution in [3.63, 3.8) is 0 Å². The zero-order valence-corrected chi connectivity index (χ0v) is 10.6. The lowest BCUT2D eigenvalue weighted by atomic mass is 10.1. The molecule has 3 rings (SSSR count). The van der Waals surface area contributed by atoms with Gasteiger partial charge in [0.15, 0.2) is 11.5 Å². The average molecular weight is 258 g/mol. The molecule has 0 aromatic carbocycles. The lowest BCUT2D eigenvalue weighted by Crippen LogP contribution is -2.05. The molecular formula is C13H14N4O2. The van der Waals surface area contributed by atoms with Crippen LogP contribution in [0.25, 0.3) is 5.82 Å². The molecule has 6 heteroatoms. The molecule has 0 aliphatic heterocycles. The molecule has 0 spiro atoms. The van der Waals surface area contributed by atoms with Crippen LogP contribution in [0, 0.1) is 5.92 Å². The summed E-state index contributed by atoms with van der Waals surface area (Å²) in [7, 11) is 0. The summed E-state index contributed by atoms with van der Waals surface area (Å²) in [5.74, 6) is 0.535. The maximum absolute atomic E-state index is 11.3. The van der Waals surface area contributed by atoms with Crippen molar-refractivity contribution in [2.24, 2.45) is 15.9 Å². The highest BCUT2D eigenvalue weighted by Crippen LogP contribution is 2.57. The Labute approximate surface area is 110 Å². The molecule has 0 amide bonds. The molecule has 6 nitrogen and oxygen atoms in total. The van der Waals surface area contributed by atoms with Gasteiger partial charge in [0.1, 0.15) is 0 Å². The topological polar surface area (TPSA) is 79.8 Å². The molecule has 19 heavy (non-hydrogen) atoms. The maximum Gasteiger partial charge on any atom is 0.356 e. The third-order valence-corrected chi connectivity index (χ3v) is 3.65. The number of aromatic nitrogens is 2. The van der Waals surface area contributed by atoms with Crippen molar-refractivity contribution in [3.8, 4) is 0 Å². The highest BCUT2D eigenvalue weighted by molar-refractivity contribution is 5.88. The second kappa shape index (κ2) is 4.15. The van der Waals surface area contributed by atoms with Gasteiger partial charge < -0.3 is 5.11 Å². The van der Waals surface area contributed by atoms with Crippen LogP contribution in [0.4, 0.5) is 0 Å². The number of hydrogen-bond acceptors (Lipinski definition) is 4. The van der Waals surface area contributed by atoms with Gasteiger partial charge in [-0.25, -0.2) is 14.5 Å². The lowest BCUT2D eigenvalue weighted by Gasteiger charge is -2.05. The van der Waals surface area contributed by atoms with E-state index in [-0.39, 0.29) is 5.69 Å². The van der Waals surface area contributed by atoms with Crippen molar-refractivity contribution in [2.45, 2.75) is 25.7 Å². The van der Waals surface area contributed by atoms with E-state index < -0.39 is 5.97 Å². The van der Waals surface area contributed by atoms with Gasteiger partial charge in [-0.15, -0.1) is 0 Å². The number of hydrogen-bond donors (Lipinski definition) is 1. The number of fused-ring (bicyclic) bond motifs is 3. The molecule has 2 atom stereocenters. The van der Waals surface area contributed by atoms with E-state index in [0.29, 0.717) is 17.7 Å². The summed E-state index contributed by atoms with van der Waals surface area (Å²) >= 11 is 0. The highest BCUT2D eigenvalue weighted by Gasteiger charge is 2.50. The van der Waals surface area contributed by atoms with Gasteiger partial charge in [0.2, 0.25) is 0 Å². The Hall–Kier alpha value is -2.24. The van der Waals surface area contributed by atoms with Crippen LogP contribution in [-0.4, -0.2) is 33.8 Å². The van der Waals surface area contributed by atoms with E-state index in [9.17, 15) is 9.90 Å².